The maximum Gasteiger partial charge on any atom is 0.266 e. The molecule has 3 rings (SSSR count). The minimum atomic E-state index is -0.0816. The van der Waals surface area contributed by atoms with E-state index in [1.807, 2.05) is 25.1 Å². The average molecular weight is 345 g/mol. The van der Waals surface area contributed by atoms with E-state index < -0.39 is 0 Å². The number of nitrogens with zero attached hydrogens (tertiary/aromatic N) is 4. The van der Waals surface area contributed by atoms with E-state index in [-0.39, 0.29) is 5.91 Å². The largest absolute Gasteiger partial charge is 0.287 e. The van der Waals surface area contributed by atoms with E-state index in [2.05, 4.69) is 15.0 Å². The number of halogens is 1. The minimum absolute atomic E-state index is 0.0816. The van der Waals surface area contributed by atoms with Gasteiger partial charge in [0.15, 0.2) is 10.3 Å². The van der Waals surface area contributed by atoms with E-state index in [9.17, 15) is 4.79 Å². The lowest BCUT2D eigenvalue weighted by atomic mass is 10.3. The maximum atomic E-state index is 12.5. The van der Waals surface area contributed by atoms with Crippen molar-refractivity contribution in [3.8, 4) is 0 Å². The summed E-state index contributed by atoms with van der Waals surface area (Å²) in [6, 6.07) is 9.09. The monoisotopic (exact) mass is 344 g/mol. The molecule has 0 aromatic carbocycles. The van der Waals surface area contributed by atoms with Gasteiger partial charge in [-0.15, -0.1) is 0 Å². The summed E-state index contributed by atoms with van der Waals surface area (Å²) < 4.78 is 0. The first-order chi connectivity index (χ1) is 11.2. The number of aliphatic imine (C=N–C) groups is 1. The molecule has 0 saturated carbocycles. The summed E-state index contributed by atoms with van der Waals surface area (Å²) in [5, 5.41) is 0.904. The molecular weight excluding hydrogens is 332 g/mol. The Balaban J connectivity index is 1.95. The number of thioether (sulfide) groups is 1. The van der Waals surface area contributed by atoms with Gasteiger partial charge in [0, 0.05) is 18.9 Å². The minimum Gasteiger partial charge on any atom is -0.287 e. The quantitative estimate of drug-likeness (QED) is 0.628. The fourth-order valence-electron chi connectivity index (χ4n) is 2.03. The predicted molar refractivity (Wildman–Crippen MR) is 93.5 cm³/mol. The van der Waals surface area contributed by atoms with E-state index in [1.165, 1.54) is 11.8 Å². The van der Waals surface area contributed by atoms with Crippen molar-refractivity contribution in [2.75, 3.05) is 6.54 Å². The highest BCUT2D eigenvalue weighted by Gasteiger charge is 2.32. The van der Waals surface area contributed by atoms with Crippen molar-refractivity contribution >= 4 is 46.2 Å². The zero-order chi connectivity index (χ0) is 16.2. The van der Waals surface area contributed by atoms with Gasteiger partial charge in [0.25, 0.3) is 5.91 Å². The molecule has 0 N–H and O–H groups in total. The summed E-state index contributed by atoms with van der Waals surface area (Å²) in [4.78, 5) is 27.4. The van der Waals surface area contributed by atoms with Gasteiger partial charge in [-0.3, -0.25) is 14.7 Å². The first kappa shape index (κ1) is 15.7. The smallest absolute Gasteiger partial charge is 0.266 e. The van der Waals surface area contributed by atoms with Gasteiger partial charge < -0.3 is 0 Å². The normalized spacial score (nSPS) is 18.2. The topological polar surface area (TPSA) is 58.5 Å². The Morgan fingerprint density at radius 3 is 2.78 bits per heavy atom. The van der Waals surface area contributed by atoms with Crippen LogP contribution in [-0.4, -0.2) is 32.5 Å². The summed E-state index contributed by atoms with van der Waals surface area (Å²) in [7, 11) is 0. The Bertz CT molecular complexity index is 792. The Hall–Kier alpha value is -2.18. The van der Waals surface area contributed by atoms with E-state index in [0.717, 1.165) is 5.69 Å². The summed E-state index contributed by atoms with van der Waals surface area (Å²) in [5.41, 5.74) is 1.28. The second-order valence-electron chi connectivity index (χ2n) is 4.62. The first-order valence-electron chi connectivity index (χ1n) is 7.00. The van der Waals surface area contributed by atoms with Crippen LogP contribution in [-0.2, 0) is 4.79 Å². The average Bonchev–Trinajstić information content (AvgIpc) is 2.85. The maximum absolute atomic E-state index is 12.5. The van der Waals surface area contributed by atoms with Crippen LogP contribution in [0.5, 0.6) is 0 Å². The fourth-order valence-corrected chi connectivity index (χ4v) is 3.23. The molecule has 23 heavy (non-hydrogen) atoms. The van der Waals surface area contributed by atoms with Crippen LogP contribution in [0.15, 0.2) is 52.6 Å². The van der Waals surface area contributed by atoms with E-state index >= 15 is 0 Å². The van der Waals surface area contributed by atoms with Crippen molar-refractivity contribution in [2.24, 2.45) is 4.99 Å². The number of rotatable bonds is 3. The SMILES string of the molecule is CCN1C(=O)/C(=C/c2ccccn2)SC1=Nc1cccnc1Cl. The van der Waals surface area contributed by atoms with Gasteiger partial charge in [0.05, 0.1) is 10.6 Å². The van der Waals surface area contributed by atoms with E-state index in [4.69, 9.17) is 11.6 Å². The summed E-state index contributed by atoms with van der Waals surface area (Å²) in [6.07, 6.45) is 5.06. The molecule has 0 atom stereocenters. The Labute approximate surface area is 143 Å². The molecule has 3 heterocycles. The lowest BCUT2D eigenvalue weighted by Gasteiger charge is -2.12. The molecule has 7 heteroatoms. The third-order valence-corrected chi connectivity index (χ3v) is 4.42. The van der Waals surface area contributed by atoms with Gasteiger partial charge in [-0.2, -0.15) is 0 Å². The molecule has 1 fully saturated rings. The van der Waals surface area contributed by atoms with Crippen LogP contribution in [0.4, 0.5) is 5.69 Å². The van der Waals surface area contributed by atoms with Crippen molar-refractivity contribution < 1.29 is 4.79 Å². The van der Waals surface area contributed by atoms with Crippen molar-refractivity contribution in [1.29, 1.82) is 0 Å². The van der Waals surface area contributed by atoms with Crippen LogP contribution in [0.3, 0.4) is 0 Å². The molecule has 0 bridgehead atoms. The second kappa shape index (κ2) is 6.93. The molecule has 1 amide bonds. The van der Waals surface area contributed by atoms with Crippen LogP contribution in [0.1, 0.15) is 12.6 Å². The van der Waals surface area contributed by atoms with Gasteiger partial charge in [-0.1, -0.05) is 17.7 Å². The number of carbonyl (C=O) groups excluding carboxylic acids is 1. The lowest BCUT2D eigenvalue weighted by molar-refractivity contribution is -0.122. The van der Waals surface area contributed by atoms with Crippen LogP contribution < -0.4 is 0 Å². The number of hydrogen-bond acceptors (Lipinski definition) is 5. The third-order valence-electron chi connectivity index (χ3n) is 3.13. The van der Waals surface area contributed by atoms with Crippen molar-refractivity contribution in [3.05, 3.63) is 58.5 Å². The highest BCUT2D eigenvalue weighted by molar-refractivity contribution is 8.18. The molecule has 116 valence electrons. The molecule has 2 aromatic heterocycles. The van der Waals surface area contributed by atoms with Crippen molar-refractivity contribution in [1.82, 2.24) is 14.9 Å². The number of amidine groups is 1. The van der Waals surface area contributed by atoms with Crippen LogP contribution >= 0.6 is 23.4 Å². The van der Waals surface area contributed by atoms with E-state index in [1.54, 1.807) is 35.5 Å². The molecule has 0 aliphatic carbocycles. The number of carbonyl (C=O) groups is 1. The number of amides is 1. The number of pyridine rings is 2. The predicted octanol–water partition coefficient (Wildman–Crippen LogP) is 3.75. The van der Waals surface area contributed by atoms with Gasteiger partial charge in [-0.05, 0) is 49.0 Å². The highest BCUT2D eigenvalue weighted by Crippen LogP contribution is 2.34. The molecule has 5 nitrogen and oxygen atoms in total. The molecule has 2 aromatic rings. The van der Waals surface area contributed by atoms with Crippen molar-refractivity contribution in [2.45, 2.75) is 6.92 Å². The first-order valence-corrected chi connectivity index (χ1v) is 8.20. The van der Waals surface area contributed by atoms with Gasteiger partial charge >= 0.3 is 0 Å². The van der Waals surface area contributed by atoms with Crippen LogP contribution in [0, 0.1) is 0 Å². The van der Waals surface area contributed by atoms with Crippen LogP contribution in [0.25, 0.3) is 6.08 Å². The van der Waals surface area contributed by atoms with Crippen molar-refractivity contribution in [3.63, 3.8) is 0 Å². The molecule has 0 unspecified atom stereocenters. The third kappa shape index (κ3) is 3.43. The second-order valence-corrected chi connectivity index (χ2v) is 5.99. The molecule has 0 spiro atoms. The molecule has 0 radical (unpaired) electrons. The van der Waals surface area contributed by atoms with Crippen LogP contribution in [0.2, 0.25) is 5.15 Å². The summed E-state index contributed by atoms with van der Waals surface area (Å²) in [6.45, 7) is 2.44. The van der Waals surface area contributed by atoms with Gasteiger partial charge in [-0.25, -0.2) is 9.98 Å². The number of hydrogen-bond donors (Lipinski definition) is 0. The molecular formula is C16H13ClN4OS. The Kier molecular flexibility index (Phi) is 4.73. The van der Waals surface area contributed by atoms with Gasteiger partial charge in [0.1, 0.15) is 5.69 Å². The van der Waals surface area contributed by atoms with Gasteiger partial charge in [0.2, 0.25) is 0 Å². The number of aromatic nitrogens is 2. The zero-order valence-corrected chi connectivity index (χ0v) is 13.9. The Morgan fingerprint density at radius 1 is 1.26 bits per heavy atom. The lowest BCUT2D eigenvalue weighted by Crippen LogP contribution is -2.28. The summed E-state index contributed by atoms with van der Waals surface area (Å²) in [5.74, 6) is -0.0816. The Morgan fingerprint density at radius 2 is 2.09 bits per heavy atom. The zero-order valence-electron chi connectivity index (χ0n) is 12.3. The molecule has 1 aliphatic heterocycles. The standard InChI is InChI=1S/C16H13ClN4OS/c1-2-21-15(22)13(10-11-6-3-4-8-18-11)23-16(21)20-12-7-5-9-19-14(12)17/h3-10H,2H2,1H3/b13-10-,20-16?. The number of likely N-dealkylation sites (N-methyl/N-ethyl adjacent to an activating group) is 1. The highest BCUT2D eigenvalue weighted by atomic mass is 35.5. The molecule has 1 aliphatic rings. The molecule has 1 saturated heterocycles. The summed E-state index contributed by atoms with van der Waals surface area (Å²) >= 11 is 7.35. The fraction of sp³-hybridized carbons (Fsp3) is 0.125. The van der Waals surface area contributed by atoms with E-state index in [0.29, 0.717) is 27.5 Å².